The van der Waals surface area contributed by atoms with Crippen molar-refractivity contribution >= 4 is 29.1 Å². The SMILES string of the molecule is Cc1ccc(S(=O)(=O)N2CCCc3c4c(nc([Si](C)(C)C)c32)CCC4)cc1. The van der Waals surface area contributed by atoms with Crippen LogP contribution in [0.4, 0.5) is 5.69 Å². The van der Waals surface area contributed by atoms with E-state index in [1.54, 1.807) is 16.4 Å². The molecule has 2 aliphatic rings. The molecule has 0 bridgehead atoms. The van der Waals surface area contributed by atoms with Gasteiger partial charge in [-0.25, -0.2) is 8.42 Å². The molecule has 0 amide bonds. The van der Waals surface area contributed by atoms with Crippen molar-refractivity contribution in [2.24, 2.45) is 0 Å². The van der Waals surface area contributed by atoms with Crippen LogP contribution in [-0.2, 0) is 29.3 Å². The highest BCUT2D eigenvalue weighted by atomic mass is 32.2. The van der Waals surface area contributed by atoms with Gasteiger partial charge in [0.05, 0.1) is 10.6 Å². The zero-order chi connectivity index (χ0) is 19.4. The maximum atomic E-state index is 13.6. The fraction of sp³-hybridized carbons (Fsp3) is 0.476. The van der Waals surface area contributed by atoms with Crippen LogP contribution in [0.15, 0.2) is 29.2 Å². The van der Waals surface area contributed by atoms with E-state index in [1.807, 2.05) is 19.1 Å². The van der Waals surface area contributed by atoms with Crippen LogP contribution in [0.25, 0.3) is 0 Å². The van der Waals surface area contributed by atoms with Crippen molar-refractivity contribution < 1.29 is 8.42 Å². The van der Waals surface area contributed by atoms with E-state index in [0.29, 0.717) is 11.4 Å². The number of pyridine rings is 1. The Morgan fingerprint density at radius 3 is 2.30 bits per heavy atom. The number of aryl methyl sites for hydroxylation is 2. The average Bonchev–Trinajstić information content (AvgIpc) is 3.09. The van der Waals surface area contributed by atoms with Crippen LogP contribution in [0.5, 0.6) is 0 Å². The van der Waals surface area contributed by atoms with E-state index in [2.05, 4.69) is 19.6 Å². The quantitative estimate of drug-likeness (QED) is 0.740. The number of fused-ring (bicyclic) bond motifs is 3. The molecule has 2 heterocycles. The highest BCUT2D eigenvalue weighted by Gasteiger charge is 2.38. The third-order valence-electron chi connectivity index (χ3n) is 5.67. The van der Waals surface area contributed by atoms with Crippen molar-refractivity contribution in [1.29, 1.82) is 0 Å². The minimum Gasteiger partial charge on any atom is -0.265 e. The number of nitrogens with zero attached hydrogens (tertiary/aromatic N) is 2. The molecule has 1 aliphatic heterocycles. The van der Waals surface area contributed by atoms with Crippen molar-refractivity contribution in [2.75, 3.05) is 10.8 Å². The molecule has 1 aromatic heterocycles. The highest BCUT2D eigenvalue weighted by molar-refractivity contribution is 7.92. The highest BCUT2D eigenvalue weighted by Crippen LogP contribution is 2.37. The molecule has 4 nitrogen and oxygen atoms in total. The summed E-state index contributed by atoms with van der Waals surface area (Å²) in [5.41, 5.74) is 5.80. The van der Waals surface area contributed by atoms with Gasteiger partial charge >= 0.3 is 0 Å². The van der Waals surface area contributed by atoms with Gasteiger partial charge < -0.3 is 0 Å². The summed E-state index contributed by atoms with van der Waals surface area (Å²) in [5, 5.41) is 1.06. The Balaban J connectivity index is 1.94. The molecule has 0 fully saturated rings. The molecular weight excluding hydrogens is 372 g/mol. The van der Waals surface area contributed by atoms with Gasteiger partial charge in [-0.15, -0.1) is 0 Å². The number of aromatic nitrogens is 1. The van der Waals surface area contributed by atoms with Crippen LogP contribution in [0.2, 0.25) is 19.6 Å². The predicted octanol–water partition coefficient (Wildman–Crippen LogP) is 3.57. The van der Waals surface area contributed by atoms with Gasteiger partial charge in [-0.2, -0.15) is 0 Å². The van der Waals surface area contributed by atoms with Gasteiger partial charge in [0, 0.05) is 17.6 Å². The van der Waals surface area contributed by atoms with Gasteiger partial charge in [0.2, 0.25) is 0 Å². The van der Waals surface area contributed by atoms with E-state index >= 15 is 0 Å². The Morgan fingerprint density at radius 1 is 0.963 bits per heavy atom. The zero-order valence-corrected chi connectivity index (χ0v) is 18.5. The second kappa shape index (κ2) is 6.45. The summed E-state index contributed by atoms with van der Waals surface area (Å²) in [6.07, 6.45) is 5.05. The molecule has 1 aliphatic carbocycles. The van der Waals surface area contributed by atoms with Crippen molar-refractivity contribution in [3.8, 4) is 0 Å². The van der Waals surface area contributed by atoms with E-state index < -0.39 is 18.1 Å². The number of sulfonamides is 1. The number of anilines is 1. The summed E-state index contributed by atoms with van der Waals surface area (Å²) in [6.45, 7) is 9.32. The van der Waals surface area contributed by atoms with E-state index in [9.17, 15) is 8.42 Å². The van der Waals surface area contributed by atoms with Gasteiger partial charge in [0.25, 0.3) is 10.0 Å². The first-order chi connectivity index (χ1) is 12.7. The first-order valence-corrected chi connectivity index (χ1v) is 14.8. The van der Waals surface area contributed by atoms with Crippen LogP contribution in [0, 0.1) is 6.92 Å². The smallest absolute Gasteiger partial charge is 0.264 e. The molecule has 0 unspecified atom stereocenters. The minimum absolute atomic E-state index is 0.378. The molecule has 144 valence electrons. The first kappa shape index (κ1) is 18.7. The Labute approximate surface area is 163 Å². The van der Waals surface area contributed by atoms with Crippen LogP contribution in [0.1, 0.15) is 35.2 Å². The van der Waals surface area contributed by atoms with Gasteiger partial charge in [0.1, 0.15) is 8.07 Å². The van der Waals surface area contributed by atoms with E-state index in [4.69, 9.17) is 4.98 Å². The zero-order valence-electron chi connectivity index (χ0n) is 16.7. The summed E-state index contributed by atoms with van der Waals surface area (Å²) in [4.78, 5) is 5.44. The molecule has 1 aromatic carbocycles. The third-order valence-corrected chi connectivity index (χ3v) is 9.25. The largest absolute Gasteiger partial charge is 0.265 e. The lowest BCUT2D eigenvalue weighted by molar-refractivity contribution is 0.586. The molecule has 0 spiro atoms. The average molecular weight is 401 g/mol. The molecule has 0 atom stereocenters. The molecule has 6 heteroatoms. The molecule has 0 N–H and O–H groups in total. The van der Waals surface area contributed by atoms with Crippen LogP contribution < -0.4 is 9.62 Å². The lowest BCUT2D eigenvalue weighted by Crippen LogP contribution is -2.48. The molecule has 0 saturated heterocycles. The summed E-state index contributed by atoms with van der Waals surface area (Å²) in [6, 6.07) is 7.21. The van der Waals surface area contributed by atoms with Crippen molar-refractivity contribution in [2.45, 2.75) is 63.6 Å². The number of rotatable bonds is 3. The molecular formula is C21H28N2O2SSi. The fourth-order valence-corrected chi connectivity index (χ4v) is 7.39. The number of hydrogen-bond acceptors (Lipinski definition) is 3. The summed E-state index contributed by atoms with van der Waals surface area (Å²) < 4.78 is 28.8. The normalized spacial score (nSPS) is 17.0. The van der Waals surface area contributed by atoms with Crippen molar-refractivity contribution in [1.82, 2.24) is 4.98 Å². The molecule has 0 saturated carbocycles. The van der Waals surface area contributed by atoms with Crippen molar-refractivity contribution in [3.63, 3.8) is 0 Å². The summed E-state index contributed by atoms with van der Waals surface area (Å²) >= 11 is 0. The Morgan fingerprint density at radius 2 is 1.63 bits per heavy atom. The van der Waals surface area contributed by atoms with E-state index in [1.165, 1.54) is 16.8 Å². The summed E-state index contributed by atoms with van der Waals surface area (Å²) in [7, 11) is -5.38. The molecule has 4 rings (SSSR count). The molecule has 0 radical (unpaired) electrons. The predicted molar refractivity (Wildman–Crippen MR) is 113 cm³/mol. The lowest BCUT2D eigenvalue weighted by atomic mass is 9.98. The van der Waals surface area contributed by atoms with Gasteiger partial charge in [-0.1, -0.05) is 37.3 Å². The van der Waals surface area contributed by atoms with Crippen molar-refractivity contribution in [3.05, 3.63) is 46.6 Å². The maximum absolute atomic E-state index is 13.6. The summed E-state index contributed by atoms with van der Waals surface area (Å²) in [5.74, 6) is 0. The third kappa shape index (κ3) is 3.12. The number of benzene rings is 1. The van der Waals surface area contributed by atoms with Gasteiger partial charge in [-0.05, 0) is 62.3 Å². The monoisotopic (exact) mass is 400 g/mol. The van der Waals surface area contributed by atoms with Gasteiger partial charge in [0.15, 0.2) is 0 Å². The standard InChI is InChI=1S/C21H28N2O2SSi/c1-15-10-12-16(13-11-15)26(24,25)23-14-6-8-18-17-7-5-9-19(17)22-21(20(18)23)27(2,3)4/h10-13H,5-9,14H2,1-4H3. The van der Waals surface area contributed by atoms with Gasteiger partial charge in [-0.3, -0.25) is 9.29 Å². The second-order valence-electron chi connectivity index (χ2n) is 8.81. The Hall–Kier alpha value is -1.66. The van der Waals surface area contributed by atoms with Crippen LogP contribution >= 0.6 is 0 Å². The number of hydrogen-bond donors (Lipinski definition) is 0. The van der Waals surface area contributed by atoms with E-state index in [-0.39, 0.29) is 0 Å². The topological polar surface area (TPSA) is 50.3 Å². The van der Waals surface area contributed by atoms with Crippen LogP contribution in [0.3, 0.4) is 0 Å². The molecule has 27 heavy (non-hydrogen) atoms. The molecule has 2 aromatic rings. The van der Waals surface area contributed by atoms with E-state index in [0.717, 1.165) is 48.7 Å². The minimum atomic E-state index is -3.58. The maximum Gasteiger partial charge on any atom is 0.264 e. The first-order valence-electron chi connectivity index (χ1n) is 9.84. The Kier molecular flexibility index (Phi) is 4.46. The second-order valence-corrected chi connectivity index (χ2v) is 15.6. The Bertz CT molecular complexity index is 992. The fourth-order valence-electron chi connectivity index (χ4n) is 4.30. The van der Waals surface area contributed by atoms with Crippen LogP contribution in [-0.4, -0.2) is 28.0 Å². The lowest BCUT2D eigenvalue weighted by Gasteiger charge is -2.36.